The van der Waals surface area contributed by atoms with E-state index in [1.807, 2.05) is 11.0 Å². The molecular formula is C23H25N5O2S. The molecule has 0 spiro atoms. The topological polar surface area (TPSA) is 82.2 Å². The molecule has 160 valence electrons. The summed E-state index contributed by atoms with van der Waals surface area (Å²) >= 11 is 1.75. The number of fused-ring (bicyclic) bond motifs is 1. The van der Waals surface area contributed by atoms with Crippen LogP contribution in [0.3, 0.4) is 0 Å². The van der Waals surface area contributed by atoms with Gasteiger partial charge in [0.2, 0.25) is 0 Å². The Hall–Kier alpha value is -2.84. The van der Waals surface area contributed by atoms with Crippen LogP contribution in [0.4, 0.5) is 0 Å². The number of nitrogens with zero attached hydrogens (tertiary/aromatic N) is 4. The summed E-state index contributed by atoms with van der Waals surface area (Å²) in [5, 5.41) is 2.09. The molecule has 1 amide bonds. The van der Waals surface area contributed by atoms with Crippen LogP contribution in [-0.4, -0.2) is 43.7 Å². The minimum atomic E-state index is -0.228. The third-order valence-corrected chi connectivity index (χ3v) is 6.95. The fraction of sp³-hybridized carbons (Fsp3) is 0.391. The Morgan fingerprint density at radius 1 is 1.19 bits per heavy atom. The molecule has 0 aromatic carbocycles. The standard InChI is InChI=1S/C23H25N5O2S/c29-22-17-9-12-27(14-16-6-5-13-31-16)15-19(17)25-21(26-22)20-8-2-4-11-28(20)23(30)18-7-1-3-10-24-18/h1,3,5-7,10,13,20H,2,4,8-9,11-12,14-15H2,(H,25,26,29)/t20-/m1/s1. The highest BCUT2D eigenvalue weighted by Gasteiger charge is 2.32. The lowest BCUT2D eigenvalue weighted by Crippen LogP contribution is -2.41. The van der Waals surface area contributed by atoms with Crippen LogP contribution in [0, 0.1) is 0 Å². The van der Waals surface area contributed by atoms with E-state index in [0.717, 1.165) is 43.6 Å². The Bertz CT molecular complexity index is 1110. The molecule has 5 heterocycles. The summed E-state index contributed by atoms with van der Waals surface area (Å²) in [7, 11) is 0. The molecule has 1 saturated heterocycles. The Morgan fingerprint density at radius 2 is 2.13 bits per heavy atom. The van der Waals surface area contributed by atoms with Gasteiger partial charge in [-0.2, -0.15) is 0 Å². The summed E-state index contributed by atoms with van der Waals surface area (Å²) in [5.74, 6) is 0.496. The van der Waals surface area contributed by atoms with Gasteiger partial charge in [-0.05, 0) is 49.3 Å². The zero-order valence-electron chi connectivity index (χ0n) is 17.3. The summed E-state index contributed by atoms with van der Waals surface area (Å²) < 4.78 is 0. The van der Waals surface area contributed by atoms with Crippen molar-refractivity contribution in [3.8, 4) is 0 Å². The van der Waals surface area contributed by atoms with Gasteiger partial charge >= 0.3 is 0 Å². The van der Waals surface area contributed by atoms with Crippen LogP contribution < -0.4 is 5.56 Å². The van der Waals surface area contributed by atoms with E-state index in [2.05, 4.69) is 32.4 Å². The van der Waals surface area contributed by atoms with Gasteiger partial charge in [0.1, 0.15) is 11.5 Å². The molecule has 31 heavy (non-hydrogen) atoms. The van der Waals surface area contributed by atoms with Crippen molar-refractivity contribution >= 4 is 17.2 Å². The van der Waals surface area contributed by atoms with Gasteiger partial charge in [-0.15, -0.1) is 11.3 Å². The van der Waals surface area contributed by atoms with Crippen molar-refractivity contribution in [2.75, 3.05) is 13.1 Å². The molecule has 7 nitrogen and oxygen atoms in total. The first-order valence-electron chi connectivity index (χ1n) is 10.8. The predicted octanol–water partition coefficient (Wildman–Crippen LogP) is 3.15. The second-order valence-electron chi connectivity index (χ2n) is 8.14. The second kappa shape index (κ2) is 8.72. The number of hydrogen-bond donors (Lipinski definition) is 1. The summed E-state index contributed by atoms with van der Waals surface area (Å²) in [5.41, 5.74) is 1.99. The normalized spacial score (nSPS) is 19.2. The van der Waals surface area contributed by atoms with Crippen molar-refractivity contribution < 1.29 is 4.79 Å². The van der Waals surface area contributed by atoms with Crippen LogP contribution in [0.1, 0.15) is 57.8 Å². The maximum atomic E-state index is 13.1. The van der Waals surface area contributed by atoms with Crippen LogP contribution in [0.15, 0.2) is 46.7 Å². The summed E-state index contributed by atoms with van der Waals surface area (Å²) in [6.07, 6.45) is 5.07. The van der Waals surface area contributed by atoms with Crippen molar-refractivity contribution in [3.63, 3.8) is 0 Å². The van der Waals surface area contributed by atoms with Crippen LogP contribution in [-0.2, 0) is 19.5 Å². The van der Waals surface area contributed by atoms with E-state index in [4.69, 9.17) is 4.98 Å². The number of likely N-dealkylation sites (tertiary alicyclic amines) is 1. The predicted molar refractivity (Wildman–Crippen MR) is 119 cm³/mol. The number of carbonyl (C=O) groups excluding carboxylic acids is 1. The van der Waals surface area contributed by atoms with Gasteiger partial charge in [0.15, 0.2) is 0 Å². The monoisotopic (exact) mass is 435 g/mol. The number of hydrogen-bond acceptors (Lipinski definition) is 6. The molecule has 3 aromatic rings. The van der Waals surface area contributed by atoms with Crippen molar-refractivity contribution in [1.82, 2.24) is 24.8 Å². The SMILES string of the molecule is O=C(c1ccccn1)N1CCCC[C@@H]1c1nc2c(c(=O)[nH]1)CCN(Cc1cccs1)C2. The number of pyridine rings is 1. The number of aromatic nitrogens is 3. The first-order valence-corrected chi connectivity index (χ1v) is 11.7. The van der Waals surface area contributed by atoms with E-state index in [1.54, 1.807) is 29.7 Å². The van der Waals surface area contributed by atoms with Gasteiger partial charge in [-0.1, -0.05) is 12.1 Å². The largest absolute Gasteiger partial charge is 0.327 e. The molecule has 1 N–H and O–H groups in total. The first kappa shape index (κ1) is 20.1. The third-order valence-electron chi connectivity index (χ3n) is 6.09. The zero-order valence-corrected chi connectivity index (χ0v) is 18.1. The Balaban J connectivity index is 1.42. The maximum absolute atomic E-state index is 13.1. The van der Waals surface area contributed by atoms with Crippen molar-refractivity contribution in [2.45, 2.75) is 44.8 Å². The average molecular weight is 436 g/mol. The Labute approximate surface area is 184 Å². The van der Waals surface area contributed by atoms with Crippen LogP contribution >= 0.6 is 11.3 Å². The average Bonchev–Trinajstić information content (AvgIpc) is 3.32. The van der Waals surface area contributed by atoms with Crippen LogP contribution in [0.2, 0.25) is 0 Å². The minimum absolute atomic E-state index is 0.0633. The summed E-state index contributed by atoms with van der Waals surface area (Å²) in [4.78, 5) is 43.6. The molecule has 0 radical (unpaired) electrons. The fourth-order valence-electron chi connectivity index (χ4n) is 4.52. The number of H-pyrrole nitrogens is 1. The number of aromatic amines is 1. The van der Waals surface area contributed by atoms with E-state index in [9.17, 15) is 9.59 Å². The highest BCUT2D eigenvalue weighted by atomic mass is 32.1. The van der Waals surface area contributed by atoms with Gasteiger partial charge in [-0.3, -0.25) is 19.5 Å². The van der Waals surface area contributed by atoms with E-state index >= 15 is 0 Å². The molecule has 0 unspecified atom stereocenters. The van der Waals surface area contributed by atoms with Gasteiger partial charge in [0, 0.05) is 42.8 Å². The molecule has 1 fully saturated rings. The molecule has 0 aliphatic carbocycles. The molecule has 1 atom stereocenters. The summed E-state index contributed by atoms with van der Waals surface area (Å²) in [6.45, 7) is 3.02. The molecule has 2 aliphatic heterocycles. The first-order chi connectivity index (χ1) is 15.2. The van der Waals surface area contributed by atoms with Gasteiger partial charge in [0.25, 0.3) is 11.5 Å². The zero-order chi connectivity index (χ0) is 21.2. The second-order valence-corrected chi connectivity index (χ2v) is 9.17. The molecule has 5 rings (SSSR count). The molecule has 0 saturated carbocycles. The molecule has 2 aliphatic rings. The van der Waals surface area contributed by atoms with E-state index in [0.29, 0.717) is 31.0 Å². The number of amides is 1. The number of carbonyl (C=O) groups is 1. The lowest BCUT2D eigenvalue weighted by molar-refractivity contribution is 0.0592. The van der Waals surface area contributed by atoms with E-state index in [-0.39, 0.29) is 17.5 Å². The van der Waals surface area contributed by atoms with Crippen LogP contribution in [0.5, 0.6) is 0 Å². The van der Waals surface area contributed by atoms with Crippen LogP contribution in [0.25, 0.3) is 0 Å². The lowest BCUT2D eigenvalue weighted by Gasteiger charge is -2.35. The number of piperidine rings is 1. The smallest absolute Gasteiger partial charge is 0.273 e. The Morgan fingerprint density at radius 3 is 2.94 bits per heavy atom. The molecule has 3 aromatic heterocycles. The van der Waals surface area contributed by atoms with E-state index < -0.39 is 0 Å². The van der Waals surface area contributed by atoms with Gasteiger partial charge in [-0.25, -0.2) is 4.98 Å². The van der Waals surface area contributed by atoms with Crippen molar-refractivity contribution in [2.24, 2.45) is 0 Å². The number of nitrogens with one attached hydrogen (secondary N) is 1. The van der Waals surface area contributed by atoms with Crippen molar-refractivity contribution in [1.29, 1.82) is 0 Å². The van der Waals surface area contributed by atoms with Gasteiger partial charge in [0.05, 0.1) is 11.7 Å². The highest BCUT2D eigenvalue weighted by Crippen LogP contribution is 2.30. The van der Waals surface area contributed by atoms with Gasteiger partial charge < -0.3 is 9.88 Å². The maximum Gasteiger partial charge on any atom is 0.273 e. The number of thiophene rings is 1. The third kappa shape index (κ3) is 4.18. The molecular weight excluding hydrogens is 410 g/mol. The lowest BCUT2D eigenvalue weighted by atomic mass is 9.99. The summed E-state index contributed by atoms with van der Waals surface area (Å²) in [6, 6.07) is 9.33. The van der Waals surface area contributed by atoms with Crippen molar-refractivity contribution in [3.05, 3.63) is 79.9 Å². The highest BCUT2D eigenvalue weighted by molar-refractivity contribution is 7.09. The van der Waals surface area contributed by atoms with E-state index in [1.165, 1.54) is 4.88 Å². The Kier molecular flexibility index (Phi) is 5.65. The number of rotatable bonds is 4. The fourth-order valence-corrected chi connectivity index (χ4v) is 5.27. The quantitative estimate of drug-likeness (QED) is 0.681. The molecule has 8 heteroatoms. The minimum Gasteiger partial charge on any atom is -0.327 e. The molecule has 0 bridgehead atoms.